The third-order valence-electron chi connectivity index (χ3n) is 1.97. The number of carbonyl (C=O) groups is 1. The lowest BCUT2D eigenvalue weighted by Crippen LogP contribution is -2.32. The molecule has 0 aromatic carbocycles. The van der Waals surface area contributed by atoms with Gasteiger partial charge < -0.3 is 4.90 Å². The average molecular weight is 336 g/mol. The van der Waals surface area contributed by atoms with Crippen LogP contribution in [0.1, 0.15) is 17.4 Å². The fourth-order valence-electron chi connectivity index (χ4n) is 1.17. The number of aromatic nitrogens is 1. The Hall–Kier alpha value is -0.420. The van der Waals surface area contributed by atoms with E-state index in [0.29, 0.717) is 18.8 Å². The summed E-state index contributed by atoms with van der Waals surface area (Å²) in [5, 5.41) is 0.781. The first-order chi connectivity index (χ1) is 7.19. The monoisotopic (exact) mass is 334 g/mol. The molecule has 15 heavy (non-hydrogen) atoms. The van der Waals surface area contributed by atoms with Gasteiger partial charge in [-0.05, 0) is 35.0 Å². The summed E-state index contributed by atoms with van der Waals surface area (Å²) in [7, 11) is 0. The maximum Gasteiger partial charge on any atom is 0.272 e. The second-order valence-corrected chi connectivity index (χ2v) is 4.64. The normalized spacial score (nSPS) is 10.1. The fourth-order valence-corrected chi connectivity index (χ4v) is 1.83. The van der Waals surface area contributed by atoms with Gasteiger partial charge >= 0.3 is 0 Å². The van der Waals surface area contributed by atoms with E-state index in [4.69, 9.17) is 0 Å². The highest BCUT2D eigenvalue weighted by Gasteiger charge is 2.14. The van der Waals surface area contributed by atoms with E-state index < -0.39 is 0 Å². The van der Waals surface area contributed by atoms with Gasteiger partial charge in [-0.3, -0.25) is 4.79 Å². The Bertz CT molecular complexity index is 327. The van der Waals surface area contributed by atoms with E-state index in [1.165, 1.54) is 0 Å². The van der Waals surface area contributed by atoms with Crippen molar-refractivity contribution >= 4 is 37.8 Å². The lowest BCUT2D eigenvalue weighted by atomic mass is 10.3. The van der Waals surface area contributed by atoms with Crippen LogP contribution in [-0.4, -0.2) is 34.2 Å². The number of hydrogen-bond acceptors (Lipinski definition) is 2. The van der Waals surface area contributed by atoms with Crippen LogP contribution in [0.15, 0.2) is 22.8 Å². The van der Waals surface area contributed by atoms with E-state index in [1.807, 2.05) is 13.0 Å². The number of pyridine rings is 1. The zero-order valence-electron chi connectivity index (χ0n) is 8.41. The summed E-state index contributed by atoms with van der Waals surface area (Å²) >= 11 is 6.61. The van der Waals surface area contributed by atoms with Gasteiger partial charge in [-0.1, -0.05) is 15.9 Å². The fraction of sp³-hybridized carbons (Fsp3) is 0.400. The first kappa shape index (κ1) is 12.6. The predicted molar refractivity (Wildman–Crippen MR) is 67.3 cm³/mol. The van der Waals surface area contributed by atoms with Crippen molar-refractivity contribution in [2.24, 2.45) is 0 Å². The average Bonchev–Trinajstić information content (AvgIpc) is 2.26. The van der Waals surface area contributed by atoms with Gasteiger partial charge in [0.25, 0.3) is 5.91 Å². The lowest BCUT2D eigenvalue weighted by Gasteiger charge is -2.18. The molecule has 0 atom stereocenters. The Balaban J connectivity index is 2.78. The van der Waals surface area contributed by atoms with Crippen molar-refractivity contribution in [3.63, 3.8) is 0 Å². The molecule has 0 bridgehead atoms. The molecule has 5 heteroatoms. The third-order valence-corrected chi connectivity index (χ3v) is 2.79. The van der Waals surface area contributed by atoms with Crippen LogP contribution in [0.5, 0.6) is 0 Å². The highest BCUT2D eigenvalue weighted by Crippen LogP contribution is 2.09. The molecule has 0 radical (unpaired) electrons. The zero-order valence-corrected chi connectivity index (χ0v) is 11.6. The summed E-state index contributed by atoms with van der Waals surface area (Å²) in [6.45, 7) is 3.36. The quantitative estimate of drug-likeness (QED) is 0.793. The molecular formula is C10H12Br2N2O. The molecule has 0 spiro atoms. The molecule has 0 N–H and O–H groups in total. The number of nitrogens with zero attached hydrogens (tertiary/aromatic N) is 2. The van der Waals surface area contributed by atoms with Gasteiger partial charge in [-0.15, -0.1) is 0 Å². The van der Waals surface area contributed by atoms with Crippen LogP contribution in [0.3, 0.4) is 0 Å². The van der Waals surface area contributed by atoms with Crippen LogP contribution in [-0.2, 0) is 0 Å². The summed E-state index contributed by atoms with van der Waals surface area (Å²) in [6.07, 6.45) is 1.63. The van der Waals surface area contributed by atoms with E-state index in [1.54, 1.807) is 17.2 Å². The van der Waals surface area contributed by atoms with Crippen molar-refractivity contribution in [3.8, 4) is 0 Å². The largest absolute Gasteiger partial charge is 0.337 e. The smallest absolute Gasteiger partial charge is 0.272 e. The molecule has 0 saturated heterocycles. The molecule has 1 amide bonds. The van der Waals surface area contributed by atoms with Gasteiger partial charge in [0.1, 0.15) is 5.69 Å². The highest BCUT2D eigenvalue weighted by atomic mass is 79.9. The molecule has 1 rings (SSSR count). The van der Waals surface area contributed by atoms with Crippen LogP contribution in [0.2, 0.25) is 0 Å². The van der Waals surface area contributed by atoms with Crippen LogP contribution < -0.4 is 0 Å². The van der Waals surface area contributed by atoms with E-state index in [9.17, 15) is 4.79 Å². The SMILES string of the molecule is CCN(CCBr)C(=O)c1ccc(Br)cn1. The van der Waals surface area contributed by atoms with Gasteiger partial charge in [-0.25, -0.2) is 4.98 Å². The predicted octanol–water partition coefficient (Wildman–Crippen LogP) is 2.70. The van der Waals surface area contributed by atoms with Crippen molar-refractivity contribution < 1.29 is 4.79 Å². The second kappa shape index (κ2) is 6.23. The van der Waals surface area contributed by atoms with Crippen molar-refractivity contribution in [1.29, 1.82) is 0 Å². The second-order valence-electron chi connectivity index (χ2n) is 2.94. The van der Waals surface area contributed by atoms with Crippen molar-refractivity contribution in [2.45, 2.75) is 6.92 Å². The van der Waals surface area contributed by atoms with Gasteiger partial charge in [-0.2, -0.15) is 0 Å². The van der Waals surface area contributed by atoms with Gasteiger partial charge in [0.15, 0.2) is 0 Å². The lowest BCUT2D eigenvalue weighted by molar-refractivity contribution is 0.0769. The Morgan fingerprint density at radius 1 is 1.53 bits per heavy atom. The van der Waals surface area contributed by atoms with Crippen molar-refractivity contribution in [1.82, 2.24) is 9.88 Å². The summed E-state index contributed by atoms with van der Waals surface area (Å²) in [5.74, 6) is -0.0237. The minimum atomic E-state index is -0.0237. The molecule has 0 aliphatic carbocycles. The molecular weight excluding hydrogens is 324 g/mol. The minimum absolute atomic E-state index is 0.0237. The molecule has 0 unspecified atom stereocenters. The van der Waals surface area contributed by atoms with E-state index in [2.05, 4.69) is 36.8 Å². The molecule has 1 heterocycles. The number of hydrogen-bond donors (Lipinski definition) is 0. The molecule has 1 aromatic rings. The Labute approximate surface area is 106 Å². The van der Waals surface area contributed by atoms with Gasteiger partial charge in [0.05, 0.1) is 0 Å². The molecule has 0 aliphatic heterocycles. The van der Waals surface area contributed by atoms with E-state index in [-0.39, 0.29) is 5.91 Å². The minimum Gasteiger partial charge on any atom is -0.337 e. The number of alkyl halides is 1. The molecule has 1 aromatic heterocycles. The van der Waals surface area contributed by atoms with Gasteiger partial charge in [0.2, 0.25) is 0 Å². The standard InChI is InChI=1S/C10H12Br2N2O/c1-2-14(6-5-11)10(15)9-4-3-8(12)7-13-9/h3-4,7H,2,5-6H2,1H3. The van der Waals surface area contributed by atoms with Crippen LogP contribution >= 0.6 is 31.9 Å². The van der Waals surface area contributed by atoms with Crippen molar-refractivity contribution in [2.75, 3.05) is 18.4 Å². The number of amides is 1. The number of rotatable bonds is 4. The highest BCUT2D eigenvalue weighted by molar-refractivity contribution is 9.10. The molecule has 0 saturated carbocycles. The first-order valence-corrected chi connectivity index (χ1v) is 6.57. The Morgan fingerprint density at radius 2 is 2.27 bits per heavy atom. The Morgan fingerprint density at radius 3 is 2.73 bits per heavy atom. The zero-order chi connectivity index (χ0) is 11.3. The number of carbonyl (C=O) groups excluding carboxylic acids is 1. The Kier molecular flexibility index (Phi) is 5.25. The number of halogens is 2. The molecule has 0 fully saturated rings. The summed E-state index contributed by atoms with van der Waals surface area (Å²) in [5.41, 5.74) is 0.487. The van der Waals surface area contributed by atoms with Crippen LogP contribution in [0, 0.1) is 0 Å². The maximum absolute atomic E-state index is 11.9. The molecule has 3 nitrogen and oxygen atoms in total. The van der Waals surface area contributed by atoms with Crippen LogP contribution in [0.4, 0.5) is 0 Å². The van der Waals surface area contributed by atoms with Crippen molar-refractivity contribution in [3.05, 3.63) is 28.5 Å². The molecule has 0 aliphatic rings. The maximum atomic E-state index is 11.9. The summed E-state index contributed by atoms with van der Waals surface area (Å²) in [6, 6.07) is 3.55. The summed E-state index contributed by atoms with van der Waals surface area (Å²) in [4.78, 5) is 17.7. The van der Waals surface area contributed by atoms with Gasteiger partial charge in [0, 0.05) is 29.1 Å². The molecule has 82 valence electrons. The van der Waals surface area contributed by atoms with Crippen LogP contribution in [0.25, 0.3) is 0 Å². The first-order valence-electron chi connectivity index (χ1n) is 4.65. The van der Waals surface area contributed by atoms with E-state index >= 15 is 0 Å². The summed E-state index contributed by atoms with van der Waals surface area (Å²) < 4.78 is 0.877. The van der Waals surface area contributed by atoms with E-state index in [0.717, 1.165) is 9.80 Å². The third kappa shape index (κ3) is 3.57. The topological polar surface area (TPSA) is 33.2 Å².